The molecule has 8 heteroatoms. The van der Waals surface area contributed by atoms with Crippen LogP contribution in [-0.2, 0) is 0 Å². The Balaban J connectivity index is 1.76. The van der Waals surface area contributed by atoms with Crippen molar-refractivity contribution in [2.75, 3.05) is 0 Å². The molecule has 104 valence electrons. The van der Waals surface area contributed by atoms with Gasteiger partial charge >= 0.3 is 0 Å². The van der Waals surface area contributed by atoms with Crippen molar-refractivity contribution in [3.63, 3.8) is 0 Å². The average Bonchev–Trinajstić information content (AvgIpc) is 3.10. The van der Waals surface area contributed by atoms with Crippen LogP contribution in [0.3, 0.4) is 0 Å². The van der Waals surface area contributed by atoms with E-state index >= 15 is 0 Å². The molecule has 0 radical (unpaired) electrons. The number of hydrogen-bond acceptors (Lipinski definition) is 8. The van der Waals surface area contributed by atoms with Crippen LogP contribution in [0.15, 0.2) is 25.5 Å². The van der Waals surface area contributed by atoms with E-state index in [0.717, 1.165) is 10.4 Å². The molecule has 6 nitrogen and oxygen atoms in total. The van der Waals surface area contributed by atoms with Gasteiger partial charge in [-0.2, -0.15) is 0 Å². The standard InChI is InChI=1S/C12H12N4O2S2/c1-6-4-5-19-9(6)11-15-16-12(18-11)20-7(2)10-14-13-8(3)17-10/h4-5,7H,1-3H3/t7-/m0/s1. The van der Waals surface area contributed by atoms with Crippen LogP contribution < -0.4 is 0 Å². The van der Waals surface area contributed by atoms with Gasteiger partial charge in [-0.25, -0.2) is 0 Å². The summed E-state index contributed by atoms with van der Waals surface area (Å²) in [5, 5.41) is 18.4. The number of nitrogens with zero attached hydrogens (tertiary/aromatic N) is 4. The lowest BCUT2D eigenvalue weighted by molar-refractivity contribution is 0.455. The van der Waals surface area contributed by atoms with E-state index in [1.54, 1.807) is 18.3 Å². The minimum atomic E-state index is -0.0334. The quantitative estimate of drug-likeness (QED) is 0.681. The third-order valence-electron chi connectivity index (χ3n) is 2.63. The van der Waals surface area contributed by atoms with Gasteiger partial charge in [0.1, 0.15) is 0 Å². The van der Waals surface area contributed by atoms with Crippen LogP contribution in [-0.4, -0.2) is 20.4 Å². The fourth-order valence-corrected chi connectivity index (χ4v) is 3.18. The molecule has 0 fully saturated rings. The summed E-state index contributed by atoms with van der Waals surface area (Å²) in [4.78, 5) is 1.01. The van der Waals surface area contributed by atoms with Crippen LogP contribution in [0.25, 0.3) is 10.8 Å². The first-order valence-corrected chi connectivity index (χ1v) is 7.74. The molecular weight excluding hydrogens is 296 g/mol. The third kappa shape index (κ3) is 2.61. The number of aryl methyl sites for hydroxylation is 2. The largest absolute Gasteiger partial charge is 0.424 e. The van der Waals surface area contributed by atoms with Gasteiger partial charge in [0.05, 0.1) is 10.1 Å². The van der Waals surface area contributed by atoms with Gasteiger partial charge in [0.25, 0.3) is 11.1 Å². The van der Waals surface area contributed by atoms with Gasteiger partial charge in [-0.05, 0) is 30.9 Å². The zero-order chi connectivity index (χ0) is 14.1. The van der Waals surface area contributed by atoms with Crippen molar-refractivity contribution in [1.82, 2.24) is 20.4 Å². The molecule has 0 saturated carbocycles. The van der Waals surface area contributed by atoms with Gasteiger partial charge in [-0.3, -0.25) is 0 Å². The molecule has 3 aromatic heterocycles. The van der Waals surface area contributed by atoms with Gasteiger partial charge in [0.15, 0.2) is 0 Å². The Morgan fingerprint density at radius 1 is 1.15 bits per heavy atom. The van der Waals surface area contributed by atoms with E-state index in [1.807, 2.05) is 25.3 Å². The Kier molecular flexibility index (Phi) is 3.58. The van der Waals surface area contributed by atoms with Crippen molar-refractivity contribution >= 4 is 23.1 Å². The van der Waals surface area contributed by atoms with E-state index in [9.17, 15) is 0 Å². The molecule has 0 unspecified atom stereocenters. The zero-order valence-electron chi connectivity index (χ0n) is 11.2. The molecule has 3 rings (SSSR count). The van der Waals surface area contributed by atoms with Crippen LogP contribution >= 0.6 is 23.1 Å². The number of aromatic nitrogens is 4. The molecule has 0 bridgehead atoms. The smallest absolute Gasteiger partial charge is 0.277 e. The summed E-state index contributed by atoms with van der Waals surface area (Å²) in [5.74, 6) is 1.65. The molecule has 0 N–H and O–H groups in total. The number of thioether (sulfide) groups is 1. The van der Waals surface area contributed by atoms with Crippen LogP contribution in [0.1, 0.15) is 29.5 Å². The summed E-state index contributed by atoms with van der Waals surface area (Å²) in [5.41, 5.74) is 1.13. The predicted molar refractivity (Wildman–Crippen MR) is 75.7 cm³/mol. The second-order valence-corrected chi connectivity index (χ2v) is 6.43. The Bertz CT molecular complexity index is 718. The topological polar surface area (TPSA) is 77.8 Å². The maximum Gasteiger partial charge on any atom is 0.277 e. The van der Waals surface area contributed by atoms with E-state index in [0.29, 0.717) is 22.9 Å². The highest BCUT2D eigenvalue weighted by Crippen LogP contribution is 2.35. The van der Waals surface area contributed by atoms with Crippen LogP contribution in [0, 0.1) is 13.8 Å². The highest BCUT2D eigenvalue weighted by atomic mass is 32.2. The van der Waals surface area contributed by atoms with E-state index in [-0.39, 0.29) is 5.25 Å². The third-order valence-corrected chi connectivity index (χ3v) is 4.56. The lowest BCUT2D eigenvalue weighted by Crippen LogP contribution is -1.88. The normalized spacial score (nSPS) is 12.8. The molecule has 3 heterocycles. The molecule has 0 aliphatic carbocycles. The monoisotopic (exact) mass is 308 g/mol. The summed E-state index contributed by atoms with van der Waals surface area (Å²) in [6.07, 6.45) is 0. The lowest BCUT2D eigenvalue weighted by Gasteiger charge is -2.01. The Hall–Kier alpha value is -1.67. The molecule has 0 saturated heterocycles. The first-order valence-electron chi connectivity index (χ1n) is 5.98. The maximum atomic E-state index is 5.67. The summed E-state index contributed by atoms with van der Waals surface area (Å²) in [7, 11) is 0. The summed E-state index contributed by atoms with van der Waals surface area (Å²) in [6.45, 7) is 5.74. The van der Waals surface area contributed by atoms with Crippen LogP contribution in [0.5, 0.6) is 0 Å². The zero-order valence-corrected chi connectivity index (χ0v) is 12.8. The van der Waals surface area contributed by atoms with Crippen molar-refractivity contribution < 1.29 is 8.83 Å². The average molecular weight is 308 g/mol. The number of hydrogen-bond donors (Lipinski definition) is 0. The Labute approximate surface area is 123 Å². The van der Waals surface area contributed by atoms with E-state index in [2.05, 4.69) is 20.4 Å². The molecule has 0 aromatic carbocycles. The maximum absolute atomic E-state index is 5.67. The van der Waals surface area contributed by atoms with Crippen molar-refractivity contribution in [2.45, 2.75) is 31.2 Å². The van der Waals surface area contributed by atoms with Gasteiger partial charge < -0.3 is 8.83 Å². The molecule has 0 spiro atoms. The molecule has 0 aliphatic heterocycles. The van der Waals surface area contributed by atoms with Gasteiger partial charge in [-0.15, -0.1) is 31.7 Å². The van der Waals surface area contributed by atoms with Crippen molar-refractivity contribution in [3.05, 3.63) is 28.8 Å². The van der Waals surface area contributed by atoms with E-state index in [4.69, 9.17) is 8.83 Å². The van der Waals surface area contributed by atoms with E-state index < -0.39 is 0 Å². The number of rotatable bonds is 4. The molecule has 3 aromatic rings. The van der Waals surface area contributed by atoms with Gasteiger partial charge in [0.2, 0.25) is 11.8 Å². The molecule has 1 atom stereocenters. The van der Waals surface area contributed by atoms with Crippen LogP contribution in [0.4, 0.5) is 0 Å². The molecule has 0 amide bonds. The van der Waals surface area contributed by atoms with Crippen LogP contribution in [0.2, 0.25) is 0 Å². The SMILES string of the molecule is Cc1nnc([C@H](C)Sc2nnc(-c3sccc3C)o2)o1. The number of thiophene rings is 1. The highest BCUT2D eigenvalue weighted by molar-refractivity contribution is 7.99. The second kappa shape index (κ2) is 5.37. The first kappa shape index (κ1) is 13.3. The lowest BCUT2D eigenvalue weighted by atomic mass is 10.3. The first-order chi connectivity index (χ1) is 9.63. The summed E-state index contributed by atoms with van der Waals surface area (Å²) < 4.78 is 11.1. The minimum Gasteiger partial charge on any atom is -0.424 e. The second-order valence-electron chi connectivity index (χ2n) is 4.23. The Morgan fingerprint density at radius 3 is 2.65 bits per heavy atom. The fourth-order valence-electron chi connectivity index (χ4n) is 1.62. The van der Waals surface area contributed by atoms with E-state index in [1.165, 1.54) is 11.8 Å². The minimum absolute atomic E-state index is 0.0334. The summed E-state index contributed by atoms with van der Waals surface area (Å²) >= 11 is 2.99. The van der Waals surface area contributed by atoms with Crippen molar-refractivity contribution in [2.24, 2.45) is 0 Å². The van der Waals surface area contributed by atoms with Crippen molar-refractivity contribution in [3.8, 4) is 10.8 Å². The van der Waals surface area contributed by atoms with Crippen molar-refractivity contribution in [1.29, 1.82) is 0 Å². The predicted octanol–water partition coefficient (Wildman–Crippen LogP) is 3.65. The fraction of sp³-hybridized carbons (Fsp3) is 0.333. The molecule has 20 heavy (non-hydrogen) atoms. The molecule has 0 aliphatic rings. The highest BCUT2D eigenvalue weighted by Gasteiger charge is 2.19. The van der Waals surface area contributed by atoms with Gasteiger partial charge in [0, 0.05) is 6.92 Å². The Morgan fingerprint density at radius 2 is 2.00 bits per heavy atom. The summed E-state index contributed by atoms with van der Waals surface area (Å²) in [6, 6.07) is 2.03. The van der Waals surface area contributed by atoms with Gasteiger partial charge in [-0.1, -0.05) is 11.8 Å². The molecular formula is C12H12N4O2S2.